The number of amides is 1. The Hall–Kier alpha value is -3.07. The standard InChI is InChI=1S/C15H13N7OS/c1-9-7-24-15(19-9)20-14(23)12-3-10(11-4-17-21(2)5-11)6-22-13(12)16-8-18-22/h3-8H,1-2H3,(H,19,20,23). The van der Waals surface area contributed by atoms with E-state index in [-0.39, 0.29) is 5.91 Å². The van der Waals surface area contributed by atoms with E-state index in [4.69, 9.17) is 0 Å². The summed E-state index contributed by atoms with van der Waals surface area (Å²) in [5.74, 6) is -0.270. The summed E-state index contributed by atoms with van der Waals surface area (Å²) >= 11 is 1.38. The second kappa shape index (κ2) is 5.53. The molecule has 0 saturated heterocycles. The molecule has 0 radical (unpaired) electrons. The van der Waals surface area contributed by atoms with Crippen LogP contribution in [0.5, 0.6) is 0 Å². The van der Waals surface area contributed by atoms with Gasteiger partial charge in [0.15, 0.2) is 10.8 Å². The third-order valence-corrected chi connectivity index (χ3v) is 4.37. The Bertz CT molecular complexity index is 1050. The number of nitrogens with zero attached hydrogens (tertiary/aromatic N) is 6. The Morgan fingerprint density at radius 2 is 2.12 bits per heavy atom. The van der Waals surface area contributed by atoms with Crippen LogP contribution in [0.1, 0.15) is 16.1 Å². The van der Waals surface area contributed by atoms with Crippen molar-refractivity contribution in [3.05, 3.63) is 47.6 Å². The lowest BCUT2D eigenvalue weighted by Gasteiger charge is -2.06. The number of carbonyl (C=O) groups is 1. The number of nitrogens with one attached hydrogen (secondary N) is 1. The van der Waals surface area contributed by atoms with Crippen LogP contribution in [-0.4, -0.2) is 35.3 Å². The van der Waals surface area contributed by atoms with Crippen molar-refractivity contribution in [2.45, 2.75) is 6.92 Å². The van der Waals surface area contributed by atoms with E-state index in [1.54, 1.807) is 21.5 Å². The third kappa shape index (κ3) is 2.54. The molecule has 4 aromatic heterocycles. The van der Waals surface area contributed by atoms with Crippen molar-refractivity contribution < 1.29 is 4.79 Å². The van der Waals surface area contributed by atoms with E-state index in [0.717, 1.165) is 16.8 Å². The van der Waals surface area contributed by atoms with Crippen LogP contribution in [0.15, 0.2) is 36.4 Å². The summed E-state index contributed by atoms with van der Waals surface area (Å²) in [4.78, 5) is 21.1. The van der Waals surface area contributed by atoms with Gasteiger partial charge in [-0.15, -0.1) is 11.3 Å². The summed E-state index contributed by atoms with van der Waals surface area (Å²) in [6, 6.07) is 1.79. The Balaban J connectivity index is 1.78. The highest BCUT2D eigenvalue weighted by atomic mass is 32.1. The van der Waals surface area contributed by atoms with Crippen LogP contribution in [0.2, 0.25) is 0 Å². The summed E-state index contributed by atoms with van der Waals surface area (Å²) < 4.78 is 3.29. The van der Waals surface area contributed by atoms with Crippen molar-refractivity contribution in [2.75, 3.05) is 5.32 Å². The molecule has 4 heterocycles. The highest BCUT2D eigenvalue weighted by molar-refractivity contribution is 7.13. The van der Waals surface area contributed by atoms with Crippen LogP contribution in [0.4, 0.5) is 5.13 Å². The molecule has 4 rings (SSSR count). The minimum atomic E-state index is -0.270. The van der Waals surface area contributed by atoms with Crippen molar-refractivity contribution in [1.82, 2.24) is 29.4 Å². The molecule has 4 aromatic rings. The van der Waals surface area contributed by atoms with Gasteiger partial charge >= 0.3 is 0 Å². The largest absolute Gasteiger partial charge is 0.298 e. The molecule has 24 heavy (non-hydrogen) atoms. The van der Waals surface area contributed by atoms with Crippen molar-refractivity contribution in [3.8, 4) is 11.1 Å². The number of pyridine rings is 1. The summed E-state index contributed by atoms with van der Waals surface area (Å²) in [6.07, 6.45) is 6.87. The van der Waals surface area contributed by atoms with Gasteiger partial charge in [0.05, 0.1) is 17.5 Å². The van der Waals surface area contributed by atoms with Gasteiger partial charge in [0, 0.05) is 35.9 Å². The molecule has 1 N–H and O–H groups in total. The molecular weight excluding hydrogens is 326 g/mol. The van der Waals surface area contributed by atoms with E-state index >= 15 is 0 Å². The average Bonchev–Trinajstić information content (AvgIpc) is 3.27. The molecule has 0 spiro atoms. The number of aryl methyl sites for hydroxylation is 2. The second-order valence-corrected chi connectivity index (χ2v) is 6.18. The molecule has 0 fully saturated rings. The van der Waals surface area contributed by atoms with Gasteiger partial charge in [0.2, 0.25) is 0 Å². The van der Waals surface area contributed by atoms with Gasteiger partial charge in [0.25, 0.3) is 5.91 Å². The zero-order chi connectivity index (χ0) is 16.7. The molecule has 8 nitrogen and oxygen atoms in total. The predicted molar refractivity (Wildman–Crippen MR) is 90.0 cm³/mol. The maximum Gasteiger partial charge on any atom is 0.261 e. The van der Waals surface area contributed by atoms with Crippen LogP contribution in [-0.2, 0) is 7.05 Å². The monoisotopic (exact) mass is 339 g/mol. The van der Waals surface area contributed by atoms with Crippen LogP contribution in [0, 0.1) is 6.92 Å². The zero-order valence-corrected chi connectivity index (χ0v) is 13.8. The molecule has 0 unspecified atom stereocenters. The van der Waals surface area contributed by atoms with E-state index in [0.29, 0.717) is 16.3 Å². The van der Waals surface area contributed by atoms with Crippen molar-refractivity contribution in [2.24, 2.45) is 7.05 Å². The lowest BCUT2D eigenvalue weighted by molar-refractivity contribution is 0.102. The average molecular weight is 339 g/mol. The maximum atomic E-state index is 12.7. The van der Waals surface area contributed by atoms with Crippen LogP contribution < -0.4 is 5.32 Å². The number of thiazole rings is 1. The fourth-order valence-corrected chi connectivity index (χ4v) is 3.08. The summed E-state index contributed by atoms with van der Waals surface area (Å²) in [7, 11) is 1.84. The number of hydrogen-bond acceptors (Lipinski definition) is 6. The van der Waals surface area contributed by atoms with Crippen molar-refractivity contribution in [1.29, 1.82) is 0 Å². The first-order valence-electron chi connectivity index (χ1n) is 7.16. The molecule has 0 aliphatic heterocycles. The Kier molecular flexibility index (Phi) is 3.35. The number of hydrogen-bond donors (Lipinski definition) is 1. The number of anilines is 1. The first-order chi connectivity index (χ1) is 11.6. The van der Waals surface area contributed by atoms with E-state index in [1.807, 2.05) is 31.7 Å². The second-order valence-electron chi connectivity index (χ2n) is 5.32. The normalized spacial score (nSPS) is 11.1. The van der Waals surface area contributed by atoms with Gasteiger partial charge in [0.1, 0.15) is 6.33 Å². The smallest absolute Gasteiger partial charge is 0.261 e. The van der Waals surface area contributed by atoms with Gasteiger partial charge in [-0.2, -0.15) is 10.2 Å². The summed E-state index contributed by atoms with van der Waals surface area (Å²) in [6.45, 7) is 1.88. The lowest BCUT2D eigenvalue weighted by Crippen LogP contribution is -2.14. The molecule has 1 amide bonds. The molecule has 0 aliphatic carbocycles. The van der Waals surface area contributed by atoms with Crippen LogP contribution >= 0.6 is 11.3 Å². The highest BCUT2D eigenvalue weighted by Crippen LogP contribution is 2.23. The van der Waals surface area contributed by atoms with Gasteiger partial charge in [-0.05, 0) is 13.0 Å². The van der Waals surface area contributed by atoms with E-state index < -0.39 is 0 Å². The van der Waals surface area contributed by atoms with Crippen LogP contribution in [0.3, 0.4) is 0 Å². The van der Waals surface area contributed by atoms with Gasteiger partial charge in [-0.3, -0.25) is 14.8 Å². The Morgan fingerprint density at radius 1 is 1.25 bits per heavy atom. The predicted octanol–water partition coefficient (Wildman–Crippen LogP) is 2.15. The summed E-state index contributed by atoms with van der Waals surface area (Å²) in [5, 5.41) is 13.6. The minimum absolute atomic E-state index is 0.270. The number of fused-ring (bicyclic) bond motifs is 1. The molecular formula is C15H13N7OS. The molecule has 0 saturated carbocycles. The van der Waals surface area contributed by atoms with Crippen LogP contribution in [0.25, 0.3) is 16.8 Å². The topological polar surface area (TPSA) is 90.0 Å². The zero-order valence-electron chi connectivity index (χ0n) is 13.0. The van der Waals surface area contributed by atoms with Gasteiger partial charge < -0.3 is 0 Å². The SMILES string of the molecule is Cc1csc(NC(=O)c2cc(-c3cnn(C)c3)cn3ncnc23)n1. The Labute approximate surface area is 140 Å². The summed E-state index contributed by atoms with van der Waals surface area (Å²) in [5.41, 5.74) is 3.53. The lowest BCUT2D eigenvalue weighted by atomic mass is 10.1. The molecule has 0 aromatic carbocycles. The van der Waals surface area contributed by atoms with Crippen molar-refractivity contribution in [3.63, 3.8) is 0 Å². The fraction of sp³-hybridized carbons (Fsp3) is 0.133. The van der Waals surface area contributed by atoms with Gasteiger partial charge in [-0.1, -0.05) is 0 Å². The highest BCUT2D eigenvalue weighted by Gasteiger charge is 2.16. The fourth-order valence-electron chi connectivity index (χ4n) is 2.40. The van der Waals surface area contributed by atoms with E-state index in [9.17, 15) is 4.79 Å². The molecule has 0 aliphatic rings. The first-order valence-corrected chi connectivity index (χ1v) is 8.04. The first kappa shape index (κ1) is 14.5. The third-order valence-electron chi connectivity index (χ3n) is 3.50. The molecule has 9 heteroatoms. The van der Waals surface area contributed by atoms with Crippen molar-refractivity contribution >= 4 is 28.0 Å². The maximum absolute atomic E-state index is 12.7. The van der Waals surface area contributed by atoms with Gasteiger partial charge in [-0.25, -0.2) is 14.5 Å². The molecule has 120 valence electrons. The quantitative estimate of drug-likeness (QED) is 0.618. The van der Waals surface area contributed by atoms with E-state index in [1.165, 1.54) is 17.7 Å². The van der Waals surface area contributed by atoms with E-state index in [2.05, 4.69) is 25.5 Å². The molecule has 0 atom stereocenters. The number of aromatic nitrogens is 6. The Morgan fingerprint density at radius 3 is 2.83 bits per heavy atom. The minimum Gasteiger partial charge on any atom is -0.298 e. The molecule has 0 bridgehead atoms. The number of carbonyl (C=O) groups excluding carboxylic acids is 1. The number of rotatable bonds is 3.